The van der Waals surface area contributed by atoms with E-state index in [1.54, 1.807) is 4.90 Å². The van der Waals surface area contributed by atoms with E-state index in [0.29, 0.717) is 24.3 Å². The van der Waals surface area contributed by atoms with Crippen LogP contribution in [0.5, 0.6) is 5.75 Å². The van der Waals surface area contributed by atoms with Crippen molar-refractivity contribution in [2.75, 3.05) is 11.5 Å². The van der Waals surface area contributed by atoms with Gasteiger partial charge in [-0.05, 0) is 58.4 Å². The maximum absolute atomic E-state index is 13.5. The van der Waals surface area contributed by atoms with Crippen molar-refractivity contribution >= 4 is 17.5 Å². The van der Waals surface area contributed by atoms with Gasteiger partial charge < -0.3 is 15.0 Å². The van der Waals surface area contributed by atoms with E-state index < -0.39 is 0 Å². The van der Waals surface area contributed by atoms with Crippen LogP contribution in [-0.2, 0) is 23.2 Å². The number of carbonyl (C=O) groups excluding carboxylic acids is 2. The molecule has 4 aromatic rings. The van der Waals surface area contributed by atoms with Gasteiger partial charge in [-0.3, -0.25) is 9.59 Å². The van der Waals surface area contributed by atoms with E-state index in [-0.39, 0.29) is 29.9 Å². The lowest BCUT2D eigenvalue weighted by atomic mass is 9.86. The lowest BCUT2D eigenvalue weighted by Crippen LogP contribution is -2.38. The Balaban J connectivity index is 1.38. The van der Waals surface area contributed by atoms with Crippen molar-refractivity contribution in [1.82, 2.24) is 5.32 Å². The van der Waals surface area contributed by atoms with Gasteiger partial charge in [-0.2, -0.15) is 0 Å². The lowest BCUT2D eigenvalue weighted by molar-refractivity contribution is -0.121. The molecule has 1 atom stereocenters. The minimum atomic E-state index is -0.173. The fourth-order valence-corrected chi connectivity index (χ4v) is 4.86. The molecule has 0 spiro atoms. The van der Waals surface area contributed by atoms with E-state index in [0.717, 1.165) is 27.9 Å². The predicted octanol–water partition coefficient (Wildman–Crippen LogP) is 6.62. The zero-order valence-electron chi connectivity index (χ0n) is 22.7. The van der Waals surface area contributed by atoms with Crippen LogP contribution in [0.2, 0.25) is 0 Å². The number of fused-ring (bicyclic) bond motifs is 1. The van der Waals surface area contributed by atoms with Gasteiger partial charge >= 0.3 is 0 Å². The average Bonchev–Trinajstić information content (AvgIpc) is 2.94. The highest BCUT2D eigenvalue weighted by Gasteiger charge is 2.28. The highest BCUT2D eigenvalue weighted by molar-refractivity contribution is 5.98. The van der Waals surface area contributed by atoms with Crippen molar-refractivity contribution in [3.8, 4) is 5.75 Å². The molecule has 5 rings (SSSR count). The van der Waals surface area contributed by atoms with E-state index in [1.807, 2.05) is 84.9 Å². The van der Waals surface area contributed by atoms with Crippen LogP contribution in [0.25, 0.3) is 0 Å². The van der Waals surface area contributed by atoms with Crippen molar-refractivity contribution in [1.29, 1.82) is 0 Å². The lowest BCUT2D eigenvalue weighted by Gasteiger charge is -2.31. The van der Waals surface area contributed by atoms with Crippen molar-refractivity contribution in [2.45, 2.75) is 45.2 Å². The first kappa shape index (κ1) is 26.2. The van der Waals surface area contributed by atoms with E-state index in [2.05, 4.69) is 44.3 Å². The summed E-state index contributed by atoms with van der Waals surface area (Å²) in [7, 11) is 0. The minimum absolute atomic E-state index is 0.000281. The highest BCUT2D eigenvalue weighted by atomic mass is 16.5. The van der Waals surface area contributed by atoms with Gasteiger partial charge in [-0.15, -0.1) is 0 Å². The zero-order chi connectivity index (χ0) is 27.4. The van der Waals surface area contributed by atoms with Gasteiger partial charge in [-0.25, -0.2) is 0 Å². The van der Waals surface area contributed by atoms with Crippen LogP contribution >= 0.6 is 0 Å². The number of nitrogens with one attached hydrogen (secondary N) is 1. The second-order valence-corrected chi connectivity index (χ2v) is 11.0. The fraction of sp³-hybridized carbons (Fsp3) is 0.235. The van der Waals surface area contributed by atoms with E-state index in [1.165, 1.54) is 0 Å². The standard InChI is InChI=1S/C34H34N2O3/c1-34(2,3)28-17-18-31-30(21-28)36(32(37)23-39-31)22-25-13-10-16-27(19-25)33(38)35-29(26-14-8-5-9-15-26)20-24-11-6-4-7-12-24/h4-19,21,29H,20,22-23H2,1-3H3,(H,35,38)/t29-/m1/s1. The van der Waals surface area contributed by atoms with Crippen LogP contribution in [-0.4, -0.2) is 18.4 Å². The first-order chi connectivity index (χ1) is 18.8. The molecule has 1 aliphatic heterocycles. The third-order valence-electron chi connectivity index (χ3n) is 7.09. The Kier molecular flexibility index (Phi) is 7.51. The van der Waals surface area contributed by atoms with E-state index in [4.69, 9.17) is 4.74 Å². The molecule has 1 aliphatic rings. The van der Waals surface area contributed by atoms with Crippen LogP contribution in [0.15, 0.2) is 103 Å². The highest BCUT2D eigenvalue weighted by Crippen LogP contribution is 2.37. The van der Waals surface area contributed by atoms with E-state index >= 15 is 0 Å². The van der Waals surface area contributed by atoms with Gasteiger partial charge in [0.25, 0.3) is 11.8 Å². The predicted molar refractivity (Wildman–Crippen MR) is 155 cm³/mol. The molecule has 5 nitrogen and oxygen atoms in total. The molecule has 0 radical (unpaired) electrons. The molecule has 0 saturated carbocycles. The molecule has 39 heavy (non-hydrogen) atoms. The number of carbonyl (C=O) groups is 2. The number of hydrogen-bond acceptors (Lipinski definition) is 3. The number of rotatable bonds is 7. The summed E-state index contributed by atoms with van der Waals surface area (Å²) >= 11 is 0. The Morgan fingerprint density at radius 1 is 0.872 bits per heavy atom. The zero-order valence-corrected chi connectivity index (χ0v) is 22.7. The quantitative estimate of drug-likeness (QED) is 0.299. The van der Waals surface area contributed by atoms with Crippen LogP contribution < -0.4 is 15.0 Å². The van der Waals surface area contributed by atoms with Crippen LogP contribution in [0.1, 0.15) is 59.4 Å². The Morgan fingerprint density at radius 2 is 1.56 bits per heavy atom. The fourth-order valence-electron chi connectivity index (χ4n) is 4.86. The number of hydrogen-bond donors (Lipinski definition) is 1. The molecular weight excluding hydrogens is 484 g/mol. The molecular formula is C34H34N2O3. The monoisotopic (exact) mass is 518 g/mol. The Labute approximate surface area is 230 Å². The van der Waals surface area contributed by atoms with Gasteiger partial charge in [0.1, 0.15) is 5.75 Å². The first-order valence-electron chi connectivity index (χ1n) is 13.3. The van der Waals surface area contributed by atoms with Crippen molar-refractivity contribution in [2.24, 2.45) is 0 Å². The topological polar surface area (TPSA) is 58.6 Å². The number of ether oxygens (including phenoxy) is 1. The third-order valence-corrected chi connectivity index (χ3v) is 7.09. The molecule has 0 fully saturated rings. The molecule has 0 aromatic heterocycles. The Morgan fingerprint density at radius 3 is 2.28 bits per heavy atom. The molecule has 5 heteroatoms. The third kappa shape index (κ3) is 6.20. The summed E-state index contributed by atoms with van der Waals surface area (Å²) in [6, 6.07) is 33.6. The van der Waals surface area contributed by atoms with Crippen LogP contribution in [0.4, 0.5) is 5.69 Å². The molecule has 1 N–H and O–H groups in total. The summed E-state index contributed by atoms with van der Waals surface area (Å²) in [6.45, 7) is 6.80. The molecule has 4 aromatic carbocycles. The summed E-state index contributed by atoms with van der Waals surface area (Å²) in [5.74, 6) is 0.448. The summed E-state index contributed by atoms with van der Waals surface area (Å²) in [5.41, 5.74) is 5.48. The largest absolute Gasteiger partial charge is 0.482 e. The summed E-state index contributed by atoms with van der Waals surface area (Å²) in [5, 5.41) is 3.24. The van der Waals surface area contributed by atoms with Gasteiger partial charge in [0.15, 0.2) is 6.61 Å². The van der Waals surface area contributed by atoms with Crippen LogP contribution in [0.3, 0.4) is 0 Å². The van der Waals surface area contributed by atoms with Crippen molar-refractivity contribution in [3.63, 3.8) is 0 Å². The second kappa shape index (κ2) is 11.2. The van der Waals surface area contributed by atoms with Crippen LogP contribution in [0, 0.1) is 0 Å². The molecule has 0 aliphatic carbocycles. The van der Waals surface area contributed by atoms with Gasteiger partial charge in [0, 0.05) is 5.56 Å². The molecule has 198 valence electrons. The smallest absolute Gasteiger partial charge is 0.265 e. The number of anilines is 1. The van der Waals surface area contributed by atoms with Gasteiger partial charge in [0.2, 0.25) is 0 Å². The SMILES string of the molecule is CC(C)(C)c1ccc2c(c1)N(Cc1cccc(C(=O)N[C@H](Cc3ccccc3)c3ccccc3)c1)C(=O)CO2. The first-order valence-corrected chi connectivity index (χ1v) is 13.3. The Bertz CT molecular complexity index is 1460. The minimum Gasteiger partial charge on any atom is -0.482 e. The summed E-state index contributed by atoms with van der Waals surface area (Å²) in [6.07, 6.45) is 0.686. The summed E-state index contributed by atoms with van der Waals surface area (Å²) in [4.78, 5) is 28.2. The van der Waals surface area contributed by atoms with Crippen molar-refractivity contribution < 1.29 is 14.3 Å². The second-order valence-electron chi connectivity index (χ2n) is 11.0. The summed E-state index contributed by atoms with van der Waals surface area (Å²) < 4.78 is 5.71. The number of nitrogens with zero attached hydrogens (tertiary/aromatic N) is 1. The average molecular weight is 519 g/mol. The van der Waals surface area contributed by atoms with Crippen molar-refractivity contribution in [3.05, 3.63) is 131 Å². The molecule has 0 bridgehead atoms. The molecule has 0 unspecified atom stereocenters. The van der Waals surface area contributed by atoms with Gasteiger partial charge in [0.05, 0.1) is 18.3 Å². The molecule has 0 saturated heterocycles. The molecule has 1 heterocycles. The Hall–Kier alpha value is -4.38. The number of amides is 2. The normalized spacial score (nSPS) is 13.8. The van der Waals surface area contributed by atoms with E-state index in [9.17, 15) is 9.59 Å². The van der Waals surface area contributed by atoms with Gasteiger partial charge in [-0.1, -0.05) is 99.6 Å². The maximum Gasteiger partial charge on any atom is 0.265 e. The maximum atomic E-state index is 13.5. The number of benzene rings is 4. The molecule has 2 amide bonds.